The molecule has 1 amide bonds. The zero-order valence-corrected chi connectivity index (χ0v) is 13.7. The number of hydrogen-bond acceptors (Lipinski definition) is 2. The van der Waals surface area contributed by atoms with Crippen molar-refractivity contribution in [1.29, 1.82) is 0 Å². The van der Waals surface area contributed by atoms with Crippen LogP contribution in [0.5, 0.6) is 5.75 Å². The fraction of sp³-hybridized carbons (Fsp3) is 0.150. The number of nitrogens with one attached hydrogen (secondary N) is 1. The van der Waals surface area contributed by atoms with Gasteiger partial charge in [-0.25, -0.2) is 0 Å². The van der Waals surface area contributed by atoms with Gasteiger partial charge in [-0.3, -0.25) is 4.79 Å². The highest BCUT2D eigenvalue weighted by Gasteiger charge is 2.30. The van der Waals surface area contributed by atoms with Crippen molar-refractivity contribution in [2.75, 3.05) is 6.61 Å². The first kappa shape index (κ1) is 17.8. The molecule has 0 bridgehead atoms. The lowest BCUT2D eigenvalue weighted by Crippen LogP contribution is -2.28. The zero-order valence-electron chi connectivity index (χ0n) is 13.7. The molecule has 0 aliphatic rings. The molecule has 3 aromatic rings. The van der Waals surface area contributed by atoms with E-state index in [0.717, 1.165) is 28.5 Å². The van der Waals surface area contributed by atoms with E-state index in [0.29, 0.717) is 6.54 Å². The largest absolute Gasteiger partial charge is 0.484 e. The molecule has 0 saturated carbocycles. The fourth-order valence-corrected chi connectivity index (χ4v) is 2.51. The molecular formula is C20H16F3NO2. The van der Waals surface area contributed by atoms with E-state index in [4.69, 9.17) is 4.74 Å². The Hall–Kier alpha value is -3.02. The van der Waals surface area contributed by atoms with Crippen molar-refractivity contribution in [3.05, 3.63) is 77.9 Å². The van der Waals surface area contributed by atoms with Crippen LogP contribution in [-0.4, -0.2) is 12.5 Å². The van der Waals surface area contributed by atoms with Crippen LogP contribution in [0.15, 0.2) is 66.7 Å². The van der Waals surface area contributed by atoms with Gasteiger partial charge in [-0.1, -0.05) is 42.5 Å². The number of carbonyl (C=O) groups excluding carboxylic acids is 1. The Bertz CT molecular complexity index is 922. The molecule has 0 aliphatic heterocycles. The standard InChI is InChI=1S/C20H16F3NO2/c21-20(22,23)17-6-3-7-18(11-17)26-13-19(25)24-12-14-8-9-15-4-1-2-5-16(15)10-14/h1-11H,12-13H2,(H,24,25). The van der Waals surface area contributed by atoms with Gasteiger partial charge >= 0.3 is 6.18 Å². The maximum Gasteiger partial charge on any atom is 0.416 e. The van der Waals surface area contributed by atoms with Crippen molar-refractivity contribution >= 4 is 16.7 Å². The summed E-state index contributed by atoms with van der Waals surface area (Å²) in [4.78, 5) is 11.9. The summed E-state index contributed by atoms with van der Waals surface area (Å²) in [5.74, 6) is -0.406. The lowest BCUT2D eigenvalue weighted by molar-refractivity contribution is -0.137. The molecule has 6 heteroatoms. The molecule has 3 nitrogen and oxygen atoms in total. The van der Waals surface area contributed by atoms with E-state index in [-0.39, 0.29) is 12.4 Å². The van der Waals surface area contributed by atoms with Crippen molar-refractivity contribution in [1.82, 2.24) is 5.32 Å². The summed E-state index contributed by atoms with van der Waals surface area (Å²) >= 11 is 0. The van der Waals surface area contributed by atoms with Crippen LogP contribution in [0.25, 0.3) is 10.8 Å². The molecule has 3 rings (SSSR count). The van der Waals surface area contributed by atoms with E-state index < -0.39 is 17.6 Å². The van der Waals surface area contributed by atoms with Crippen LogP contribution < -0.4 is 10.1 Å². The molecule has 0 atom stereocenters. The molecule has 0 heterocycles. The van der Waals surface area contributed by atoms with E-state index in [1.807, 2.05) is 42.5 Å². The minimum absolute atomic E-state index is 0.000630. The Morgan fingerprint density at radius 2 is 1.69 bits per heavy atom. The minimum atomic E-state index is -4.45. The Morgan fingerprint density at radius 1 is 0.923 bits per heavy atom. The number of amides is 1. The third kappa shape index (κ3) is 4.53. The Balaban J connectivity index is 1.54. The van der Waals surface area contributed by atoms with E-state index in [1.54, 1.807) is 0 Å². The second-order valence-corrected chi connectivity index (χ2v) is 5.77. The van der Waals surface area contributed by atoms with Gasteiger partial charge in [0.15, 0.2) is 6.61 Å². The number of fused-ring (bicyclic) bond motifs is 1. The molecule has 0 saturated heterocycles. The van der Waals surface area contributed by atoms with Crippen molar-refractivity contribution in [2.45, 2.75) is 12.7 Å². The molecule has 26 heavy (non-hydrogen) atoms. The number of halogens is 3. The van der Waals surface area contributed by atoms with Crippen molar-refractivity contribution < 1.29 is 22.7 Å². The summed E-state index contributed by atoms with van der Waals surface area (Å²) in [5, 5.41) is 4.87. The Morgan fingerprint density at radius 3 is 2.46 bits per heavy atom. The normalized spacial score (nSPS) is 11.3. The molecule has 0 spiro atoms. The quantitative estimate of drug-likeness (QED) is 0.726. The first-order chi connectivity index (χ1) is 12.4. The highest BCUT2D eigenvalue weighted by molar-refractivity contribution is 5.83. The maximum atomic E-state index is 12.7. The summed E-state index contributed by atoms with van der Waals surface area (Å²) in [6.45, 7) is -0.0372. The number of carbonyl (C=O) groups is 1. The van der Waals surface area contributed by atoms with Crippen LogP contribution in [0.4, 0.5) is 13.2 Å². The van der Waals surface area contributed by atoms with Gasteiger partial charge in [0, 0.05) is 6.54 Å². The average molecular weight is 359 g/mol. The third-order valence-electron chi connectivity index (χ3n) is 3.83. The maximum absolute atomic E-state index is 12.7. The van der Waals surface area contributed by atoms with Crippen LogP contribution >= 0.6 is 0 Å². The van der Waals surface area contributed by atoms with Crippen molar-refractivity contribution in [3.8, 4) is 5.75 Å². The number of ether oxygens (including phenoxy) is 1. The predicted octanol–water partition coefficient (Wildman–Crippen LogP) is 4.55. The Kier molecular flexibility index (Phi) is 5.11. The van der Waals surface area contributed by atoms with E-state index in [9.17, 15) is 18.0 Å². The number of hydrogen-bond donors (Lipinski definition) is 1. The fourth-order valence-electron chi connectivity index (χ4n) is 2.51. The summed E-state index contributed by atoms with van der Waals surface area (Å²) in [6, 6.07) is 18.2. The zero-order chi connectivity index (χ0) is 18.6. The van der Waals surface area contributed by atoms with Crippen LogP contribution in [0.2, 0.25) is 0 Å². The van der Waals surface area contributed by atoms with Crippen LogP contribution in [-0.2, 0) is 17.5 Å². The monoisotopic (exact) mass is 359 g/mol. The van der Waals surface area contributed by atoms with Gasteiger partial charge < -0.3 is 10.1 Å². The predicted molar refractivity (Wildman–Crippen MR) is 92.7 cm³/mol. The van der Waals surface area contributed by atoms with Gasteiger partial charge in [0.05, 0.1) is 5.56 Å². The summed E-state index contributed by atoms with van der Waals surface area (Å²) < 4.78 is 43.1. The van der Waals surface area contributed by atoms with E-state index >= 15 is 0 Å². The van der Waals surface area contributed by atoms with Crippen LogP contribution in [0.1, 0.15) is 11.1 Å². The van der Waals surface area contributed by atoms with Crippen LogP contribution in [0, 0.1) is 0 Å². The van der Waals surface area contributed by atoms with Gasteiger partial charge in [-0.15, -0.1) is 0 Å². The smallest absolute Gasteiger partial charge is 0.416 e. The molecule has 3 aromatic carbocycles. The second kappa shape index (κ2) is 7.47. The molecule has 0 aliphatic carbocycles. The average Bonchev–Trinajstić information content (AvgIpc) is 2.64. The molecular weight excluding hydrogens is 343 g/mol. The van der Waals surface area contributed by atoms with Gasteiger partial charge in [0.25, 0.3) is 5.91 Å². The van der Waals surface area contributed by atoms with Gasteiger partial charge in [-0.2, -0.15) is 13.2 Å². The molecule has 1 N–H and O–H groups in total. The van der Waals surface area contributed by atoms with Gasteiger partial charge in [0.1, 0.15) is 5.75 Å². The molecule has 0 radical (unpaired) electrons. The first-order valence-corrected chi connectivity index (χ1v) is 7.96. The Labute approximate surface area is 148 Å². The SMILES string of the molecule is O=C(COc1cccc(C(F)(F)F)c1)NCc1ccc2ccccc2c1. The number of benzene rings is 3. The van der Waals surface area contributed by atoms with E-state index in [1.165, 1.54) is 12.1 Å². The summed E-state index contributed by atoms with van der Waals surface area (Å²) in [7, 11) is 0. The topological polar surface area (TPSA) is 38.3 Å². The lowest BCUT2D eigenvalue weighted by Gasteiger charge is -2.10. The molecule has 0 unspecified atom stereocenters. The number of rotatable bonds is 5. The highest BCUT2D eigenvalue weighted by atomic mass is 19.4. The van der Waals surface area contributed by atoms with E-state index in [2.05, 4.69) is 5.32 Å². The molecule has 134 valence electrons. The summed E-state index contributed by atoms with van der Waals surface area (Å²) in [6.07, 6.45) is -4.45. The van der Waals surface area contributed by atoms with Gasteiger partial charge in [0.2, 0.25) is 0 Å². The van der Waals surface area contributed by atoms with Crippen molar-refractivity contribution in [2.24, 2.45) is 0 Å². The number of alkyl halides is 3. The minimum Gasteiger partial charge on any atom is -0.484 e. The molecule has 0 fully saturated rings. The third-order valence-corrected chi connectivity index (χ3v) is 3.83. The van der Waals surface area contributed by atoms with Crippen molar-refractivity contribution in [3.63, 3.8) is 0 Å². The highest BCUT2D eigenvalue weighted by Crippen LogP contribution is 2.31. The van der Waals surface area contributed by atoms with Gasteiger partial charge in [-0.05, 0) is 40.6 Å². The lowest BCUT2D eigenvalue weighted by atomic mass is 10.1. The molecule has 0 aromatic heterocycles. The first-order valence-electron chi connectivity index (χ1n) is 7.96. The van der Waals surface area contributed by atoms with Crippen LogP contribution in [0.3, 0.4) is 0 Å². The summed E-state index contributed by atoms with van der Waals surface area (Å²) in [5.41, 5.74) is 0.114. The second-order valence-electron chi connectivity index (χ2n) is 5.77.